The molecule has 24 nitrogen and oxygen atoms in total. The van der Waals surface area contributed by atoms with Gasteiger partial charge in [0.15, 0.2) is 0 Å². The normalized spacial score (nSPS) is 11.0. The monoisotopic (exact) mass is 1030 g/mol. The van der Waals surface area contributed by atoms with Gasteiger partial charge in [-0.25, -0.2) is 33.6 Å². The van der Waals surface area contributed by atoms with Crippen molar-refractivity contribution >= 4 is 42.0 Å². The third kappa shape index (κ3) is 38.0. The molecule has 0 unspecified atom stereocenters. The molecule has 0 aromatic rings. The van der Waals surface area contributed by atoms with Gasteiger partial charge in [0.05, 0.1) is 110 Å². The Balaban J connectivity index is 4.72. The minimum atomic E-state index is -0.963. The summed E-state index contributed by atoms with van der Waals surface area (Å²) >= 11 is 0. The molecule has 0 aromatic heterocycles. The van der Waals surface area contributed by atoms with E-state index in [9.17, 15) is 33.6 Å². The zero-order valence-corrected chi connectivity index (χ0v) is 41.7. The predicted octanol–water partition coefficient (Wildman–Crippen LogP) is 2.38. The quantitative estimate of drug-likeness (QED) is 0.0383. The number of hydrogen-bond donors (Lipinski definition) is 2. The Morgan fingerprint density at radius 1 is 0.333 bits per heavy atom. The van der Waals surface area contributed by atoms with E-state index in [1.807, 2.05) is 0 Å². The van der Waals surface area contributed by atoms with Crippen LogP contribution in [0.25, 0.3) is 0 Å². The zero-order valence-electron chi connectivity index (χ0n) is 41.7. The number of carbonyl (C=O) groups is 7. The fourth-order valence-electron chi connectivity index (χ4n) is 5.60. The molecule has 0 saturated carbocycles. The van der Waals surface area contributed by atoms with Gasteiger partial charge in [0.25, 0.3) is 0 Å². The molecule has 24 heteroatoms. The van der Waals surface area contributed by atoms with E-state index in [-0.39, 0.29) is 145 Å². The highest BCUT2D eigenvalue weighted by Crippen LogP contribution is 2.22. The standard InChI is InChI=1S/C48H76N2O22/c1-7-40(51)66-25-18-59-33-47(32-58-6,34-60-19-26-67-41(52)8-2)35-64-23-30-71-45(56)49-16-14-12-13-15-17-50-46(57)72-31-24-65-39-48(36-61-20-27-68-42(53)9-3,37-62-21-28-69-43(54)10-4)38-63-22-29-70-44(55)11-5/h7-11H,1-5,12-39H2,6H3,(H,49,56)(H,50,57). The number of ether oxygens (including phenoxy) is 15. The number of amides is 2. The molecule has 0 spiro atoms. The van der Waals surface area contributed by atoms with Crippen LogP contribution in [0.3, 0.4) is 0 Å². The molecule has 0 atom stereocenters. The summed E-state index contributed by atoms with van der Waals surface area (Å²) in [7, 11) is 1.51. The van der Waals surface area contributed by atoms with E-state index in [0.717, 1.165) is 43.2 Å². The zero-order chi connectivity index (χ0) is 53.4. The van der Waals surface area contributed by atoms with Crippen LogP contribution >= 0.6 is 0 Å². The number of carbonyl (C=O) groups excluding carboxylic acids is 7. The summed E-state index contributed by atoms with van der Waals surface area (Å²) in [5.41, 5.74) is -1.76. The number of rotatable bonds is 49. The Bertz CT molecular complexity index is 1490. The molecule has 0 bridgehead atoms. The van der Waals surface area contributed by atoms with Crippen LogP contribution in [0.4, 0.5) is 9.59 Å². The average Bonchev–Trinajstić information content (AvgIpc) is 3.38. The molecule has 0 fully saturated rings. The number of unbranched alkanes of at least 4 members (excludes halogenated alkanes) is 3. The maximum atomic E-state index is 12.3. The average molecular weight is 1030 g/mol. The van der Waals surface area contributed by atoms with Crippen LogP contribution in [0.1, 0.15) is 25.7 Å². The molecule has 0 heterocycles. The lowest BCUT2D eigenvalue weighted by molar-refractivity contribution is -0.146. The van der Waals surface area contributed by atoms with Crippen molar-refractivity contribution in [2.24, 2.45) is 10.8 Å². The van der Waals surface area contributed by atoms with Crippen molar-refractivity contribution in [1.82, 2.24) is 10.6 Å². The molecule has 0 aliphatic carbocycles. The van der Waals surface area contributed by atoms with Crippen LogP contribution in [0.2, 0.25) is 0 Å². The van der Waals surface area contributed by atoms with E-state index in [1.165, 1.54) is 7.11 Å². The SMILES string of the molecule is C=CC(=O)OCCOCC(COC)(COCCOC(=O)C=C)COCCOC(=O)NCCCCCCNC(=O)OCCOCC(COCCOC(=O)C=C)(COCCOC(=O)C=C)COCCOC(=O)C=C. The highest BCUT2D eigenvalue weighted by atomic mass is 16.6. The van der Waals surface area contributed by atoms with Gasteiger partial charge in [0.2, 0.25) is 0 Å². The maximum Gasteiger partial charge on any atom is 0.407 e. The Kier molecular flexibility index (Phi) is 41.6. The lowest BCUT2D eigenvalue weighted by atomic mass is 9.92. The van der Waals surface area contributed by atoms with E-state index >= 15 is 0 Å². The molecule has 2 amide bonds. The lowest BCUT2D eigenvalue weighted by Gasteiger charge is -2.33. The number of hydrogen-bond acceptors (Lipinski definition) is 22. The fraction of sp³-hybridized carbons (Fsp3) is 0.646. The molecule has 0 aliphatic rings. The van der Waals surface area contributed by atoms with E-state index in [4.69, 9.17) is 71.1 Å². The Morgan fingerprint density at radius 2 is 0.556 bits per heavy atom. The summed E-state index contributed by atoms with van der Waals surface area (Å²) in [5, 5.41) is 5.37. The van der Waals surface area contributed by atoms with Gasteiger partial charge in [-0.2, -0.15) is 0 Å². The Hall–Kier alpha value is -5.73. The Labute approximate surface area is 421 Å². The van der Waals surface area contributed by atoms with Crippen LogP contribution < -0.4 is 10.6 Å². The van der Waals surface area contributed by atoms with Gasteiger partial charge < -0.3 is 81.7 Å². The van der Waals surface area contributed by atoms with Crippen molar-refractivity contribution in [3.63, 3.8) is 0 Å². The number of nitrogens with one attached hydrogen (secondary N) is 2. The van der Waals surface area contributed by atoms with Gasteiger partial charge in [-0.3, -0.25) is 0 Å². The second-order valence-electron chi connectivity index (χ2n) is 15.2. The minimum absolute atomic E-state index is 0.000828. The molecule has 0 radical (unpaired) electrons. The summed E-state index contributed by atoms with van der Waals surface area (Å²) in [6.45, 7) is 18.1. The van der Waals surface area contributed by atoms with Crippen LogP contribution in [0.5, 0.6) is 0 Å². The smallest absolute Gasteiger partial charge is 0.407 e. The summed E-state index contributed by atoms with van der Waals surface area (Å²) in [4.78, 5) is 81.5. The van der Waals surface area contributed by atoms with Gasteiger partial charge in [0, 0.05) is 50.6 Å². The molecule has 0 saturated heterocycles. The Morgan fingerprint density at radius 3 is 0.778 bits per heavy atom. The number of methoxy groups -OCH3 is 1. The van der Waals surface area contributed by atoms with E-state index < -0.39 is 52.9 Å². The molecule has 2 N–H and O–H groups in total. The van der Waals surface area contributed by atoms with E-state index in [0.29, 0.717) is 25.9 Å². The molecule has 0 aliphatic heterocycles. The number of alkyl carbamates (subject to hydrolysis) is 2. The number of esters is 5. The van der Waals surface area contributed by atoms with Crippen LogP contribution in [-0.4, -0.2) is 208 Å². The summed E-state index contributed by atoms with van der Waals surface area (Å²) in [5.74, 6) is -2.99. The van der Waals surface area contributed by atoms with Crippen molar-refractivity contribution in [3.8, 4) is 0 Å². The lowest BCUT2D eigenvalue weighted by Crippen LogP contribution is -2.43. The highest BCUT2D eigenvalue weighted by molar-refractivity contribution is 5.82. The van der Waals surface area contributed by atoms with E-state index in [1.54, 1.807) is 0 Å². The van der Waals surface area contributed by atoms with Crippen molar-refractivity contribution in [1.29, 1.82) is 0 Å². The first-order chi connectivity index (χ1) is 34.8. The van der Waals surface area contributed by atoms with Crippen LogP contribution in [0, 0.1) is 10.8 Å². The van der Waals surface area contributed by atoms with Crippen molar-refractivity contribution in [2.45, 2.75) is 25.7 Å². The largest absolute Gasteiger partial charge is 0.460 e. The topological polar surface area (TPSA) is 282 Å². The molecular weight excluding hydrogens is 957 g/mol. The summed E-state index contributed by atoms with van der Waals surface area (Å²) in [6, 6.07) is 0. The molecule has 0 rings (SSSR count). The first kappa shape index (κ1) is 66.3. The van der Waals surface area contributed by atoms with Crippen LogP contribution in [-0.2, 0) is 95.0 Å². The third-order valence-electron chi connectivity index (χ3n) is 9.07. The van der Waals surface area contributed by atoms with Crippen molar-refractivity contribution in [2.75, 3.05) is 166 Å². The van der Waals surface area contributed by atoms with E-state index in [2.05, 4.69) is 43.5 Å². The molecule has 72 heavy (non-hydrogen) atoms. The fourth-order valence-corrected chi connectivity index (χ4v) is 5.60. The third-order valence-corrected chi connectivity index (χ3v) is 9.07. The second kappa shape index (κ2) is 45.2. The summed E-state index contributed by atoms with van der Waals surface area (Å²) in [6.07, 6.45) is 6.80. The maximum absolute atomic E-state index is 12.3. The highest BCUT2D eigenvalue weighted by Gasteiger charge is 2.34. The molecule has 410 valence electrons. The van der Waals surface area contributed by atoms with Crippen LogP contribution in [0.15, 0.2) is 63.3 Å². The van der Waals surface area contributed by atoms with Gasteiger partial charge in [-0.05, 0) is 12.8 Å². The van der Waals surface area contributed by atoms with Gasteiger partial charge in [-0.1, -0.05) is 45.7 Å². The predicted molar refractivity (Wildman–Crippen MR) is 255 cm³/mol. The molecule has 0 aromatic carbocycles. The van der Waals surface area contributed by atoms with Gasteiger partial charge >= 0.3 is 42.0 Å². The summed E-state index contributed by atoms with van der Waals surface area (Å²) < 4.78 is 81.2. The minimum Gasteiger partial charge on any atom is -0.460 e. The van der Waals surface area contributed by atoms with Crippen molar-refractivity contribution < 1.29 is 105 Å². The van der Waals surface area contributed by atoms with Crippen molar-refractivity contribution in [3.05, 3.63) is 63.3 Å². The first-order valence-corrected chi connectivity index (χ1v) is 23.1. The molecular formula is C48H76N2O22. The first-order valence-electron chi connectivity index (χ1n) is 23.1. The van der Waals surface area contributed by atoms with Gasteiger partial charge in [0.1, 0.15) is 46.2 Å². The second-order valence-corrected chi connectivity index (χ2v) is 15.2. The van der Waals surface area contributed by atoms with Gasteiger partial charge in [-0.15, -0.1) is 0 Å².